The van der Waals surface area contributed by atoms with Gasteiger partial charge in [0.1, 0.15) is 17.3 Å². The zero-order valence-corrected chi connectivity index (χ0v) is 14.5. The lowest BCUT2D eigenvalue weighted by molar-refractivity contribution is 0.585. The van der Waals surface area contributed by atoms with E-state index in [4.69, 9.17) is 5.10 Å². The zero-order valence-electron chi connectivity index (χ0n) is 13.7. The highest BCUT2D eigenvalue weighted by molar-refractivity contribution is 7.13. The first-order valence-corrected chi connectivity index (χ1v) is 8.95. The van der Waals surface area contributed by atoms with Crippen molar-refractivity contribution in [3.8, 4) is 16.3 Å². The second kappa shape index (κ2) is 7.09. The summed E-state index contributed by atoms with van der Waals surface area (Å²) < 4.78 is 28.8. The molecular weight excluding hydrogens is 352 g/mol. The van der Waals surface area contributed by atoms with E-state index in [-0.39, 0.29) is 5.69 Å². The van der Waals surface area contributed by atoms with Gasteiger partial charge in [-0.05, 0) is 35.7 Å². The van der Waals surface area contributed by atoms with Gasteiger partial charge in [-0.25, -0.2) is 13.5 Å². The smallest absolute Gasteiger partial charge is 0.149 e. The maximum absolute atomic E-state index is 13.9. The Hall–Kier alpha value is -2.99. The van der Waals surface area contributed by atoms with Crippen molar-refractivity contribution in [1.29, 1.82) is 0 Å². The molecule has 4 aromatic rings. The average Bonchev–Trinajstić information content (AvgIpc) is 3.31. The summed E-state index contributed by atoms with van der Waals surface area (Å²) in [5.74, 6) is -1.21. The molecule has 2 aromatic carbocycles. The largest absolute Gasteiger partial charge is 0.378 e. The molecule has 4 rings (SSSR count). The first kappa shape index (κ1) is 16.5. The molecule has 0 saturated carbocycles. The number of nitrogens with one attached hydrogen (secondary N) is 1. The standard InChI is InChI=1S/C20H15F2N3S/c21-15-8-9-18(17(22)11-15)23-12-14-13-25(16-5-2-1-3-6-16)24-20(14)19-7-4-10-26-19/h1-11,13,23H,12H2. The van der Waals surface area contributed by atoms with Crippen molar-refractivity contribution in [2.45, 2.75) is 6.54 Å². The zero-order chi connectivity index (χ0) is 17.9. The lowest BCUT2D eigenvalue weighted by atomic mass is 10.2. The van der Waals surface area contributed by atoms with Crippen molar-refractivity contribution in [2.24, 2.45) is 0 Å². The Balaban J connectivity index is 1.67. The number of thiophene rings is 1. The van der Waals surface area contributed by atoms with Gasteiger partial charge in [-0.15, -0.1) is 11.3 Å². The number of benzene rings is 2. The maximum Gasteiger partial charge on any atom is 0.149 e. The third-order valence-electron chi connectivity index (χ3n) is 3.97. The van der Waals surface area contributed by atoms with E-state index >= 15 is 0 Å². The van der Waals surface area contributed by atoms with E-state index in [2.05, 4.69) is 5.32 Å². The van der Waals surface area contributed by atoms with Crippen LogP contribution in [0.25, 0.3) is 16.3 Å². The molecule has 0 radical (unpaired) electrons. The summed E-state index contributed by atoms with van der Waals surface area (Å²) >= 11 is 1.60. The fourth-order valence-corrected chi connectivity index (χ4v) is 3.44. The van der Waals surface area contributed by atoms with E-state index in [1.54, 1.807) is 11.3 Å². The second-order valence-electron chi connectivity index (χ2n) is 5.74. The highest BCUT2D eigenvalue weighted by Gasteiger charge is 2.14. The number of para-hydroxylation sites is 1. The van der Waals surface area contributed by atoms with Crippen LogP contribution in [0.3, 0.4) is 0 Å². The minimum Gasteiger partial charge on any atom is -0.378 e. The van der Waals surface area contributed by atoms with Gasteiger partial charge in [0.2, 0.25) is 0 Å². The van der Waals surface area contributed by atoms with Crippen molar-refractivity contribution in [3.05, 3.63) is 89.4 Å². The van der Waals surface area contributed by atoms with Gasteiger partial charge in [-0.3, -0.25) is 0 Å². The molecular formula is C20H15F2N3S. The van der Waals surface area contributed by atoms with Crippen LogP contribution in [0.1, 0.15) is 5.56 Å². The van der Waals surface area contributed by atoms with E-state index in [1.807, 2.05) is 58.7 Å². The van der Waals surface area contributed by atoms with E-state index in [0.717, 1.165) is 27.9 Å². The van der Waals surface area contributed by atoms with Crippen LogP contribution in [0, 0.1) is 11.6 Å². The number of halogens is 2. The first-order valence-electron chi connectivity index (χ1n) is 8.07. The molecule has 0 amide bonds. The van der Waals surface area contributed by atoms with Gasteiger partial charge < -0.3 is 5.32 Å². The number of aromatic nitrogens is 2. The van der Waals surface area contributed by atoms with Crippen LogP contribution in [0.2, 0.25) is 0 Å². The number of rotatable bonds is 5. The molecule has 0 bridgehead atoms. The normalized spacial score (nSPS) is 10.8. The highest BCUT2D eigenvalue weighted by Crippen LogP contribution is 2.28. The van der Waals surface area contributed by atoms with Crippen molar-refractivity contribution < 1.29 is 8.78 Å². The molecule has 130 valence electrons. The van der Waals surface area contributed by atoms with Gasteiger partial charge in [-0.1, -0.05) is 24.3 Å². The number of hydrogen-bond acceptors (Lipinski definition) is 3. The van der Waals surface area contributed by atoms with Crippen LogP contribution in [0.15, 0.2) is 72.2 Å². The molecule has 3 nitrogen and oxygen atoms in total. The van der Waals surface area contributed by atoms with E-state index in [9.17, 15) is 8.78 Å². The number of hydrogen-bond donors (Lipinski definition) is 1. The van der Waals surface area contributed by atoms with Crippen LogP contribution in [-0.2, 0) is 6.54 Å². The summed E-state index contributed by atoms with van der Waals surface area (Å²) in [4.78, 5) is 1.04. The van der Waals surface area contributed by atoms with Crippen molar-refractivity contribution in [3.63, 3.8) is 0 Å². The molecule has 0 atom stereocenters. The molecule has 0 unspecified atom stereocenters. The molecule has 6 heteroatoms. The number of anilines is 1. The van der Waals surface area contributed by atoms with Gasteiger partial charge in [0.15, 0.2) is 0 Å². The molecule has 2 aromatic heterocycles. The van der Waals surface area contributed by atoms with Crippen LogP contribution >= 0.6 is 11.3 Å². The third-order valence-corrected chi connectivity index (χ3v) is 4.84. The van der Waals surface area contributed by atoms with Crippen LogP contribution < -0.4 is 5.32 Å². The molecule has 1 N–H and O–H groups in total. The minimum absolute atomic E-state index is 0.260. The number of nitrogens with zero attached hydrogens (tertiary/aromatic N) is 2. The summed E-state index contributed by atoms with van der Waals surface area (Å²) in [7, 11) is 0. The molecule has 0 aliphatic heterocycles. The third kappa shape index (κ3) is 3.36. The maximum atomic E-state index is 13.9. The van der Waals surface area contributed by atoms with Crippen molar-refractivity contribution >= 4 is 17.0 Å². The van der Waals surface area contributed by atoms with Crippen molar-refractivity contribution in [1.82, 2.24) is 9.78 Å². The van der Waals surface area contributed by atoms with E-state index < -0.39 is 11.6 Å². The molecule has 0 fully saturated rings. The van der Waals surface area contributed by atoms with Gasteiger partial charge in [0, 0.05) is 24.4 Å². The summed E-state index contributed by atoms with van der Waals surface area (Å²) in [6.45, 7) is 0.378. The fourth-order valence-electron chi connectivity index (χ4n) is 2.70. The predicted octanol–water partition coefficient (Wildman–Crippen LogP) is 5.49. The predicted molar refractivity (Wildman–Crippen MR) is 101 cm³/mol. The topological polar surface area (TPSA) is 29.9 Å². The molecule has 0 saturated heterocycles. The van der Waals surface area contributed by atoms with E-state index in [1.165, 1.54) is 12.1 Å². The van der Waals surface area contributed by atoms with Crippen LogP contribution in [0.4, 0.5) is 14.5 Å². The molecule has 2 heterocycles. The molecule has 0 spiro atoms. The quantitative estimate of drug-likeness (QED) is 0.505. The second-order valence-corrected chi connectivity index (χ2v) is 6.69. The SMILES string of the molecule is Fc1ccc(NCc2cn(-c3ccccc3)nc2-c2cccs2)c(F)c1. The Kier molecular flexibility index (Phi) is 4.50. The summed E-state index contributed by atoms with van der Waals surface area (Å²) in [6, 6.07) is 17.3. The van der Waals surface area contributed by atoms with Crippen LogP contribution in [0.5, 0.6) is 0 Å². The Morgan fingerprint density at radius 3 is 2.58 bits per heavy atom. The minimum atomic E-state index is -0.613. The van der Waals surface area contributed by atoms with Gasteiger partial charge >= 0.3 is 0 Å². The summed E-state index contributed by atoms with van der Waals surface area (Å²) in [6.07, 6.45) is 1.93. The molecule has 0 aliphatic carbocycles. The van der Waals surface area contributed by atoms with Gasteiger partial charge in [0.05, 0.1) is 16.3 Å². The van der Waals surface area contributed by atoms with Crippen molar-refractivity contribution in [2.75, 3.05) is 5.32 Å². The highest BCUT2D eigenvalue weighted by atomic mass is 32.1. The first-order chi connectivity index (χ1) is 12.7. The van der Waals surface area contributed by atoms with Crippen LogP contribution in [-0.4, -0.2) is 9.78 Å². The Morgan fingerprint density at radius 2 is 1.85 bits per heavy atom. The lowest BCUT2D eigenvalue weighted by Crippen LogP contribution is -2.02. The average molecular weight is 367 g/mol. The monoisotopic (exact) mass is 367 g/mol. The fraction of sp³-hybridized carbons (Fsp3) is 0.0500. The Bertz CT molecular complexity index is 1010. The molecule has 26 heavy (non-hydrogen) atoms. The lowest BCUT2D eigenvalue weighted by Gasteiger charge is -2.07. The Morgan fingerprint density at radius 1 is 1.00 bits per heavy atom. The molecule has 0 aliphatic rings. The summed E-state index contributed by atoms with van der Waals surface area (Å²) in [5, 5.41) is 9.73. The van der Waals surface area contributed by atoms with Gasteiger partial charge in [-0.2, -0.15) is 5.10 Å². The Labute approximate surface area is 153 Å². The summed E-state index contributed by atoms with van der Waals surface area (Å²) in [5.41, 5.74) is 2.99. The van der Waals surface area contributed by atoms with E-state index in [0.29, 0.717) is 6.54 Å². The van der Waals surface area contributed by atoms with Gasteiger partial charge in [0.25, 0.3) is 0 Å².